The van der Waals surface area contributed by atoms with Crippen molar-refractivity contribution in [2.45, 2.75) is 30.2 Å². The van der Waals surface area contributed by atoms with Gasteiger partial charge in [0.2, 0.25) is 10.0 Å². The van der Waals surface area contributed by atoms with Crippen LogP contribution in [0.4, 0.5) is 0 Å². The first-order valence-electron chi connectivity index (χ1n) is 5.59. The van der Waals surface area contributed by atoms with E-state index in [1.165, 1.54) is 12.1 Å². The van der Waals surface area contributed by atoms with Crippen LogP contribution in [0, 0.1) is 0 Å². The fraction of sp³-hybridized carbons (Fsp3) is 0.364. The zero-order chi connectivity index (χ0) is 13.8. The van der Waals surface area contributed by atoms with Gasteiger partial charge in [-0.1, -0.05) is 16.8 Å². The third-order valence-electron chi connectivity index (χ3n) is 3.15. The van der Waals surface area contributed by atoms with Crippen molar-refractivity contribution >= 4 is 48.5 Å². The first kappa shape index (κ1) is 13.4. The number of nitrogens with one attached hydrogen (secondary N) is 1. The highest BCUT2D eigenvalue weighted by atomic mass is 79.9. The van der Waals surface area contributed by atoms with E-state index in [4.69, 9.17) is 16.1 Å². The molecule has 5 nitrogen and oxygen atoms in total. The molecule has 2 aromatic rings. The third kappa shape index (κ3) is 2.40. The van der Waals surface area contributed by atoms with Gasteiger partial charge < -0.3 is 4.52 Å². The Bertz CT molecular complexity index is 768. The molecular weight excluding hydrogens is 356 g/mol. The summed E-state index contributed by atoms with van der Waals surface area (Å²) in [5, 5.41) is 4.23. The van der Waals surface area contributed by atoms with Gasteiger partial charge in [0.05, 0.1) is 14.8 Å². The van der Waals surface area contributed by atoms with Crippen LogP contribution in [0.15, 0.2) is 26.0 Å². The molecule has 0 unspecified atom stereocenters. The molecule has 0 amide bonds. The van der Waals surface area contributed by atoms with Crippen LogP contribution in [0.2, 0.25) is 5.15 Å². The van der Waals surface area contributed by atoms with Crippen molar-refractivity contribution < 1.29 is 12.9 Å². The van der Waals surface area contributed by atoms with Gasteiger partial charge in [-0.2, -0.15) is 0 Å². The Hall–Kier alpha value is -0.630. The summed E-state index contributed by atoms with van der Waals surface area (Å²) >= 11 is 9.14. The molecule has 8 heteroatoms. The molecule has 0 aliphatic heterocycles. The average Bonchev–Trinajstić information content (AvgIpc) is 2.89. The Morgan fingerprint density at radius 3 is 2.79 bits per heavy atom. The summed E-state index contributed by atoms with van der Waals surface area (Å²) in [7, 11) is -3.57. The van der Waals surface area contributed by atoms with Crippen LogP contribution in [-0.4, -0.2) is 19.1 Å². The molecule has 0 saturated heterocycles. The van der Waals surface area contributed by atoms with Crippen LogP contribution in [-0.2, 0) is 10.0 Å². The summed E-state index contributed by atoms with van der Waals surface area (Å²) in [4.78, 5) is 0.144. The largest absolute Gasteiger partial charge is 0.354 e. The molecular formula is C11H10BrClN2O3S. The lowest BCUT2D eigenvalue weighted by molar-refractivity contribution is 0.455. The molecule has 102 valence electrons. The molecule has 0 spiro atoms. The lowest BCUT2D eigenvalue weighted by Gasteiger charge is -2.12. The first-order chi connectivity index (χ1) is 8.81. The molecule has 0 radical (unpaired) electrons. The summed E-state index contributed by atoms with van der Waals surface area (Å²) in [6.45, 7) is 1.88. The molecule has 1 heterocycles. The van der Waals surface area contributed by atoms with Crippen molar-refractivity contribution in [3.63, 3.8) is 0 Å². The number of benzene rings is 1. The van der Waals surface area contributed by atoms with Gasteiger partial charge in [0, 0.05) is 5.54 Å². The Labute approximate surface area is 123 Å². The second kappa shape index (κ2) is 4.18. The van der Waals surface area contributed by atoms with Gasteiger partial charge in [0.25, 0.3) is 0 Å². The van der Waals surface area contributed by atoms with Gasteiger partial charge in [-0.25, -0.2) is 13.1 Å². The number of sulfonamides is 1. The Morgan fingerprint density at radius 1 is 1.47 bits per heavy atom. The fourth-order valence-electron chi connectivity index (χ4n) is 1.78. The molecule has 0 bridgehead atoms. The van der Waals surface area contributed by atoms with E-state index in [0.717, 1.165) is 12.8 Å². The van der Waals surface area contributed by atoms with Gasteiger partial charge in [0.1, 0.15) is 0 Å². The normalized spacial score (nSPS) is 17.8. The minimum absolute atomic E-state index is 0.144. The lowest BCUT2D eigenvalue weighted by Crippen LogP contribution is -2.34. The maximum Gasteiger partial charge on any atom is 0.241 e. The van der Waals surface area contributed by atoms with Gasteiger partial charge in [-0.15, -0.1) is 0 Å². The van der Waals surface area contributed by atoms with Crippen molar-refractivity contribution in [2.75, 3.05) is 0 Å². The van der Waals surface area contributed by atoms with E-state index in [0.29, 0.717) is 15.4 Å². The van der Waals surface area contributed by atoms with Gasteiger partial charge in [-0.05, 0) is 47.8 Å². The second-order valence-corrected chi connectivity index (χ2v) is 7.82. The minimum Gasteiger partial charge on any atom is -0.354 e. The molecule has 1 aliphatic rings. The fourth-order valence-corrected chi connectivity index (χ4v) is 4.15. The van der Waals surface area contributed by atoms with Crippen LogP contribution in [0.5, 0.6) is 0 Å². The minimum atomic E-state index is -3.57. The van der Waals surface area contributed by atoms with Crippen molar-refractivity contribution in [1.82, 2.24) is 9.88 Å². The van der Waals surface area contributed by atoms with Crippen LogP contribution in [0.1, 0.15) is 19.8 Å². The number of fused-ring (bicyclic) bond motifs is 1. The number of rotatable bonds is 3. The van der Waals surface area contributed by atoms with E-state index in [9.17, 15) is 8.42 Å². The average molecular weight is 366 g/mol. The maximum atomic E-state index is 12.3. The summed E-state index contributed by atoms with van der Waals surface area (Å²) in [5.74, 6) is 0. The molecule has 3 rings (SSSR count). The molecule has 1 fully saturated rings. The molecule has 1 N–H and O–H groups in total. The van der Waals surface area contributed by atoms with E-state index < -0.39 is 10.0 Å². The molecule has 1 aliphatic carbocycles. The van der Waals surface area contributed by atoms with E-state index in [1.54, 1.807) is 0 Å². The van der Waals surface area contributed by atoms with Crippen LogP contribution < -0.4 is 4.72 Å². The van der Waals surface area contributed by atoms with Crippen LogP contribution in [0.3, 0.4) is 0 Å². The highest BCUT2D eigenvalue weighted by Gasteiger charge is 2.41. The SMILES string of the molecule is CC1(NS(=O)(=O)c2cc(Br)c3onc(Cl)c3c2)CC1. The third-order valence-corrected chi connectivity index (χ3v) is 5.63. The standard InChI is InChI=1S/C11H10BrClN2O3S/c1-11(2-3-11)15-19(16,17)6-4-7-9(8(12)5-6)18-14-10(7)13/h4-5,15H,2-3H2,1H3. The predicted molar refractivity (Wildman–Crippen MR) is 74.7 cm³/mol. The highest BCUT2D eigenvalue weighted by Crippen LogP contribution is 2.37. The van der Waals surface area contributed by atoms with Gasteiger partial charge >= 0.3 is 0 Å². The topological polar surface area (TPSA) is 72.2 Å². The predicted octanol–water partition coefficient (Wildman–Crippen LogP) is 3.07. The van der Waals surface area contributed by atoms with E-state index >= 15 is 0 Å². The van der Waals surface area contributed by atoms with Gasteiger partial charge in [-0.3, -0.25) is 0 Å². The number of aromatic nitrogens is 1. The molecule has 1 aromatic carbocycles. The van der Waals surface area contributed by atoms with E-state index in [1.807, 2.05) is 6.92 Å². The van der Waals surface area contributed by atoms with Crippen LogP contribution in [0.25, 0.3) is 11.0 Å². The summed E-state index contributed by atoms with van der Waals surface area (Å²) in [6, 6.07) is 2.95. The summed E-state index contributed by atoms with van der Waals surface area (Å²) in [5.41, 5.74) is 0.111. The van der Waals surface area contributed by atoms with Crippen LogP contribution >= 0.6 is 27.5 Å². The zero-order valence-corrected chi connectivity index (χ0v) is 13.1. The lowest BCUT2D eigenvalue weighted by atomic mass is 10.3. The molecule has 1 aromatic heterocycles. The smallest absolute Gasteiger partial charge is 0.241 e. The Kier molecular flexibility index (Phi) is 2.94. The summed E-state index contributed by atoms with van der Waals surface area (Å²) in [6.07, 6.45) is 1.70. The number of halogens is 2. The van der Waals surface area contributed by atoms with Crippen molar-refractivity contribution in [2.24, 2.45) is 0 Å². The summed E-state index contributed by atoms with van der Waals surface area (Å²) < 4.78 is 32.8. The second-order valence-electron chi connectivity index (χ2n) is 4.92. The quantitative estimate of drug-likeness (QED) is 0.907. The molecule has 0 atom stereocenters. The Balaban J connectivity index is 2.12. The van der Waals surface area contributed by atoms with Crippen molar-refractivity contribution in [1.29, 1.82) is 0 Å². The number of hydrogen-bond acceptors (Lipinski definition) is 4. The molecule has 1 saturated carbocycles. The van der Waals surface area contributed by atoms with Crippen molar-refractivity contribution in [3.8, 4) is 0 Å². The number of hydrogen-bond donors (Lipinski definition) is 1. The highest BCUT2D eigenvalue weighted by molar-refractivity contribution is 9.10. The van der Waals surface area contributed by atoms with E-state index in [2.05, 4.69) is 25.8 Å². The monoisotopic (exact) mass is 364 g/mol. The molecule has 19 heavy (non-hydrogen) atoms. The van der Waals surface area contributed by atoms with Crippen molar-refractivity contribution in [3.05, 3.63) is 21.8 Å². The zero-order valence-electron chi connectivity index (χ0n) is 9.91. The first-order valence-corrected chi connectivity index (χ1v) is 8.25. The Morgan fingerprint density at radius 2 is 2.16 bits per heavy atom. The maximum absolute atomic E-state index is 12.3. The van der Waals surface area contributed by atoms with Gasteiger partial charge in [0.15, 0.2) is 10.7 Å². The van der Waals surface area contributed by atoms with E-state index in [-0.39, 0.29) is 15.6 Å². The number of nitrogens with zero attached hydrogens (tertiary/aromatic N) is 1.